The molecule has 2 N–H and O–H groups in total. The molecule has 2 unspecified atom stereocenters. The zero-order valence-corrected chi connectivity index (χ0v) is 15.5. The second-order valence-electron chi connectivity index (χ2n) is 7.31. The van der Waals surface area contributed by atoms with Gasteiger partial charge in [0.2, 0.25) is 12.3 Å². The predicted molar refractivity (Wildman–Crippen MR) is 98.5 cm³/mol. The Kier molecular flexibility index (Phi) is 5.71. The normalized spacial score (nSPS) is 20.6. The highest BCUT2D eigenvalue weighted by atomic mass is 16.2. The van der Waals surface area contributed by atoms with Crippen LogP contribution in [-0.2, 0) is 16.1 Å². The van der Waals surface area contributed by atoms with Crippen LogP contribution in [0.15, 0.2) is 12.1 Å². The Morgan fingerprint density at radius 2 is 2.23 bits per heavy atom. The molecule has 1 aromatic carbocycles. The average Bonchev–Trinajstić information content (AvgIpc) is 2.99. The van der Waals surface area contributed by atoms with Crippen LogP contribution < -0.4 is 10.6 Å². The number of nitrogens with zero attached hydrogens (tertiary/aromatic N) is 1. The molecule has 3 amide bonds. The Morgan fingerprint density at radius 3 is 2.92 bits per heavy atom. The lowest BCUT2D eigenvalue weighted by atomic mass is 9.90. The molecule has 0 bridgehead atoms. The number of piperidine rings is 1. The van der Waals surface area contributed by atoms with Gasteiger partial charge in [-0.3, -0.25) is 19.7 Å². The predicted octanol–water partition coefficient (Wildman–Crippen LogP) is 2.21. The van der Waals surface area contributed by atoms with Crippen molar-refractivity contribution in [1.29, 1.82) is 0 Å². The smallest absolute Gasteiger partial charge is 0.254 e. The van der Waals surface area contributed by atoms with Gasteiger partial charge in [0, 0.05) is 30.6 Å². The van der Waals surface area contributed by atoms with Gasteiger partial charge < -0.3 is 10.2 Å². The van der Waals surface area contributed by atoms with E-state index in [0.717, 1.165) is 24.1 Å². The average molecular weight is 357 g/mol. The van der Waals surface area contributed by atoms with E-state index in [0.29, 0.717) is 25.4 Å². The highest BCUT2D eigenvalue weighted by molar-refractivity contribution is 5.99. The lowest BCUT2D eigenvalue weighted by Gasteiger charge is -2.26. The third-order valence-electron chi connectivity index (χ3n) is 5.69. The summed E-state index contributed by atoms with van der Waals surface area (Å²) in [5.41, 5.74) is 4.41. The highest BCUT2D eigenvalue weighted by Gasteiger charge is 2.33. The monoisotopic (exact) mass is 357 g/mol. The van der Waals surface area contributed by atoms with Gasteiger partial charge in [0.25, 0.3) is 5.91 Å². The van der Waals surface area contributed by atoms with Crippen LogP contribution in [0, 0.1) is 6.92 Å². The molecule has 1 fully saturated rings. The fraction of sp³-hybridized carbons (Fsp3) is 0.550. The Balaban J connectivity index is 1.72. The summed E-state index contributed by atoms with van der Waals surface area (Å²) >= 11 is 0. The number of amides is 3. The molecule has 6 nitrogen and oxygen atoms in total. The van der Waals surface area contributed by atoms with Crippen molar-refractivity contribution in [2.24, 2.45) is 0 Å². The molecular weight excluding hydrogens is 330 g/mol. The number of imide groups is 1. The lowest BCUT2D eigenvalue weighted by molar-refractivity contribution is -0.125. The summed E-state index contributed by atoms with van der Waals surface area (Å²) in [5, 5.41) is 5.73. The summed E-state index contributed by atoms with van der Waals surface area (Å²) in [6.07, 6.45) is 4.76. The minimum Gasteiger partial charge on any atom is -0.332 e. The minimum absolute atomic E-state index is 0.0366. The van der Waals surface area contributed by atoms with Crippen molar-refractivity contribution in [3.05, 3.63) is 34.4 Å². The van der Waals surface area contributed by atoms with Crippen molar-refractivity contribution in [2.45, 2.75) is 64.6 Å². The fourth-order valence-corrected chi connectivity index (χ4v) is 4.06. The molecule has 0 saturated carbocycles. The molecule has 140 valence electrons. The molecule has 2 aliphatic rings. The second-order valence-corrected chi connectivity index (χ2v) is 7.31. The Hall–Kier alpha value is -2.21. The topological polar surface area (TPSA) is 78.5 Å². The maximum atomic E-state index is 12.8. The lowest BCUT2D eigenvalue weighted by Crippen LogP contribution is -2.34. The number of benzene rings is 1. The number of hydrogen-bond donors (Lipinski definition) is 2. The zero-order chi connectivity index (χ0) is 18.7. The summed E-state index contributed by atoms with van der Waals surface area (Å²) < 4.78 is 0. The van der Waals surface area contributed by atoms with Crippen LogP contribution in [0.4, 0.5) is 0 Å². The van der Waals surface area contributed by atoms with Gasteiger partial charge in [0.05, 0.1) is 0 Å². The Morgan fingerprint density at radius 1 is 1.42 bits per heavy atom. The Bertz CT molecular complexity index is 710. The number of nitrogens with one attached hydrogen (secondary N) is 2. The molecule has 26 heavy (non-hydrogen) atoms. The van der Waals surface area contributed by atoms with Crippen LogP contribution in [0.3, 0.4) is 0 Å². The van der Waals surface area contributed by atoms with E-state index in [1.54, 1.807) is 0 Å². The second kappa shape index (κ2) is 7.99. The van der Waals surface area contributed by atoms with Crippen molar-refractivity contribution >= 4 is 18.2 Å². The van der Waals surface area contributed by atoms with E-state index < -0.39 is 0 Å². The fourth-order valence-electron chi connectivity index (χ4n) is 4.06. The van der Waals surface area contributed by atoms with E-state index >= 15 is 0 Å². The third kappa shape index (κ3) is 3.65. The Labute approximate surface area is 154 Å². The SMILES string of the molecule is Cc1c(C2CCCCN2)ccc2c1CN(C(C)CCC(=O)NC=O)C2=O. The molecule has 1 aromatic rings. The van der Waals surface area contributed by atoms with E-state index in [-0.39, 0.29) is 24.3 Å². The molecule has 1 saturated heterocycles. The number of rotatable bonds is 6. The van der Waals surface area contributed by atoms with Crippen molar-refractivity contribution < 1.29 is 14.4 Å². The number of carbonyl (C=O) groups is 3. The van der Waals surface area contributed by atoms with Gasteiger partial charge in [0.1, 0.15) is 0 Å². The molecular formula is C20H27N3O3. The van der Waals surface area contributed by atoms with Gasteiger partial charge in [-0.1, -0.05) is 12.5 Å². The first-order valence-electron chi connectivity index (χ1n) is 9.42. The summed E-state index contributed by atoms with van der Waals surface area (Å²) in [6, 6.07) is 4.38. The van der Waals surface area contributed by atoms with Crippen molar-refractivity contribution in [3.63, 3.8) is 0 Å². The van der Waals surface area contributed by atoms with E-state index in [1.165, 1.54) is 24.0 Å². The first-order valence-corrected chi connectivity index (χ1v) is 9.42. The molecule has 0 aromatic heterocycles. The maximum Gasteiger partial charge on any atom is 0.254 e. The van der Waals surface area contributed by atoms with Crippen molar-refractivity contribution in [3.8, 4) is 0 Å². The van der Waals surface area contributed by atoms with Gasteiger partial charge in [0.15, 0.2) is 0 Å². The minimum atomic E-state index is -0.308. The van der Waals surface area contributed by atoms with Crippen molar-refractivity contribution in [1.82, 2.24) is 15.5 Å². The highest BCUT2D eigenvalue weighted by Crippen LogP contribution is 2.34. The van der Waals surface area contributed by atoms with Gasteiger partial charge in [-0.15, -0.1) is 0 Å². The molecule has 0 radical (unpaired) electrons. The van der Waals surface area contributed by atoms with Crippen LogP contribution >= 0.6 is 0 Å². The number of hydrogen-bond acceptors (Lipinski definition) is 4. The molecule has 2 aliphatic heterocycles. The van der Waals surface area contributed by atoms with Crippen LogP contribution in [0.1, 0.15) is 72.1 Å². The van der Waals surface area contributed by atoms with E-state index in [9.17, 15) is 14.4 Å². The summed E-state index contributed by atoms with van der Waals surface area (Å²) in [5.74, 6) is -0.271. The molecule has 0 spiro atoms. The molecule has 2 atom stereocenters. The van der Waals surface area contributed by atoms with Gasteiger partial charge >= 0.3 is 0 Å². The first-order chi connectivity index (χ1) is 12.5. The first kappa shape index (κ1) is 18.6. The van der Waals surface area contributed by atoms with Gasteiger partial charge in [-0.05, 0) is 62.4 Å². The van der Waals surface area contributed by atoms with Gasteiger partial charge in [-0.2, -0.15) is 0 Å². The van der Waals surface area contributed by atoms with Crippen molar-refractivity contribution in [2.75, 3.05) is 6.54 Å². The summed E-state index contributed by atoms with van der Waals surface area (Å²) in [4.78, 5) is 36.4. The van der Waals surface area contributed by atoms with Crippen LogP contribution in [0.2, 0.25) is 0 Å². The molecule has 3 rings (SSSR count). The van der Waals surface area contributed by atoms with Crippen LogP contribution in [0.25, 0.3) is 0 Å². The number of carbonyl (C=O) groups excluding carboxylic acids is 3. The third-order valence-corrected chi connectivity index (χ3v) is 5.69. The van der Waals surface area contributed by atoms with Gasteiger partial charge in [-0.25, -0.2) is 0 Å². The molecule has 0 aliphatic carbocycles. The number of fused-ring (bicyclic) bond motifs is 1. The molecule has 2 heterocycles. The maximum absolute atomic E-state index is 12.8. The standard InChI is InChI=1S/C20H27N3O3/c1-13(6-9-19(25)22-12-24)23-11-17-14(2)15(7-8-16(17)20(23)26)18-5-3-4-10-21-18/h7-8,12-13,18,21H,3-6,9-11H2,1-2H3,(H,22,24,25). The molecule has 6 heteroatoms. The summed E-state index contributed by atoms with van der Waals surface area (Å²) in [6.45, 7) is 5.71. The van der Waals surface area contributed by atoms with E-state index in [1.807, 2.05) is 17.9 Å². The zero-order valence-electron chi connectivity index (χ0n) is 15.5. The van der Waals surface area contributed by atoms with E-state index in [2.05, 4.69) is 23.6 Å². The van der Waals surface area contributed by atoms with Crippen LogP contribution in [-0.4, -0.2) is 35.7 Å². The van der Waals surface area contributed by atoms with Crippen LogP contribution in [0.5, 0.6) is 0 Å². The summed E-state index contributed by atoms with van der Waals surface area (Å²) in [7, 11) is 0. The quantitative estimate of drug-likeness (QED) is 0.765. The van der Waals surface area contributed by atoms with E-state index in [4.69, 9.17) is 0 Å². The largest absolute Gasteiger partial charge is 0.332 e.